The third-order valence-corrected chi connectivity index (χ3v) is 12.5. The Morgan fingerprint density at radius 3 is 1.93 bits per heavy atom. The molecule has 0 aliphatic rings. The molecule has 2 heterocycles. The zero-order chi connectivity index (χ0) is 61.7. The van der Waals surface area contributed by atoms with Crippen LogP contribution in [0.3, 0.4) is 0 Å². The van der Waals surface area contributed by atoms with Gasteiger partial charge >= 0.3 is 0 Å². The summed E-state index contributed by atoms with van der Waals surface area (Å²) in [7, 11) is 0. The zero-order valence-electron chi connectivity index (χ0n) is 55.1. The van der Waals surface area contributed by atoms with Crippen LogP contribution in [-0.2, 0) is 31.9 Å². The first-order valence-electron chi connectivity index (χ1n) is 30.6. The van der Waals surface area contributed by atoms with Crippen LogP contribution in [0.5, 0.6) is 5.75 Å². The topological polar surface area (TPSA) is 50.9 Å². The Morgan fingerprint density at radius 1 is 0.557 bits per heavy atom. The van der Waals surface area contributed by atoms with Gasteiger partial charge in [-0.25, -0.2) is 4.98 Å². The summed E-state index contributed by atoms with van der Waals surface area (Å²) >= 11 is 0. The molecule has 0 unspecified atom stereocenters. The summed E-state index contributed by atoms with van der Waals surface area (Å²) in [4.78, 5) is 10.1. The predicted molar refractivity (Wildman–Crippen MR) is 289 cm³/mol. The molecule has 5 heteroatoms. The number of rotatable bonds is 8. The third-order valence-electron chi connectivity index (χ3n) is 12.5. The van der Waals surface area contributed by atoms with E-state index in [-0.39, 0.29) is 54.6 Å². The molecule has 0 atom stereocenters. The van der Waals surface area contributed by atoms with E-state index in [0.29, 0.717) is 72.6 Å². The van der Waals surface area contributed by atoms with Crippen molar-refractivity contribution < 1.29 is 48.1 Å². The number of hydrogen-bond donors (Lipinski definition) is 1. The number of imidazole rings is 1. The fraction of sp³-hybridized carbons (Fsp3) is 0.169. The van der Waals surface area contributed by atoms with Gasteiger partial charge in [0, 0.05) is 55.0 Å². The number of para-hydroxylation sites is 1. The maximum atomic E-state index is 12.1. The first-order valence-corrected chi connectivity index (χ1v) is 22.6. The normalized spacial score (nSPS) is 15.8. The summed E-state index contributed by atoms with van der Waals surface area (Å²) in [5.74, 6) is 0.294. The summed E-state index contributed by atoms with van der Waals surface area (Å²) in [5.41, 5.74) is 4.88. The fourth-order valence-corrected chi connectivity index (χ4v) is 8.91. The van der Waals surface area contributed by atoms with Crippen LogP contribution in [0.15, 0.2) is 182 Å². The molecular formula is C65H58N3OPt-. The van der Waals surface area contributed by atoms with Crippen molar-refractivity contribution in [2.75, 3.05) is 0 Å². The van der Waals surface area contributed by atoms with Crippen LogP contribution in [0.2, 0.25) is 0 Å². The van der Waals surface area contributed by atoms with Gasteiger partial charge in [0.15, 0.2) is 0 Å². The molecule has 0 bridgehead atoms. The number of aryl methyl sites for hydroxylation is 3. The van der Waals surface area contributed by atoms with E-state index in [1.54, 1.807) is 13.0 Å². The molecule has 0 spiro atoms. The average molecular weight is 1110 g/mol. The Kier molecular flexibility index (Phi) is 8.65. The Balaban J connectivity index is 0.00000884. The van der Waals surface area contributed by atoms with Gasteiger partial charge in [-0.1, -0.05) is 191 Å². The molecule has 350 valence electrons. The minimum absolute atomic E-state index is 0. The monoisotopic (exact) mass is 1110 g/mol. The number of hydrogen-bond acceptors (Lipinski definition) is 3. The van der Waals surface area contributed by atoms with E-state index < -0.39 is 62.6 Å². The van der Waals surface area contributed by atoms with Crippen molar-refractivity contribution in [3.63, 3.8) is 0 Å². The van der Waals surface area contributed by atoms with Crippen LogP contribution in [-0.4, -0.2) is 19.6 Å². The van der Waals surface area contributed by atoms with Crippen molar-refractivity contribution in [1.82, 2.24) is 14.5 Å². The molecule has 10 rings (SSSR count). The van der Waals surface area contributed by atoms with Gasteiger partial charge in [-0.2, -0.15) is 0 Å². The molecule has 0 radical (unpaired) electrons. The smallest absolute Gasteiger partial charge is 0.148 e. The molecule has 0 amide bonds. The van der Waals surface area contributed by atoms with Crippen molar-refractivity contribution in [2.45, 2.75) is 72.9 Å². The predicted octanol–water partition coefficient (Wildman–Crippen LogP) is 17.1. The van der Waals surface area contributed by atoms with Gasteiger partial charge < -0.3 is 5.11 Å². The number of benzene rings is 8. The Morgan fingerprint density at radius 2 is 1.24 bits per heavy atom. The summed E-state index contributed by atoms with van der Waals surface area (Å²) < 4.78 is 140. The maximum Gasteiger partial charge on any atom is 0.148 e. The Bertz CT molecular complexity index is 4180. The molecule has 8 aromatic carbocycles. The van der Waals surface area contributed by atoms with Gasteiger partial charge in [-0.05, 0) is 123 Å². The van der Waals surface area contributed by atoms with Crippen molar-refractivity contribution in [3.05, 3.63) is 216 Å². The minimum Gasteiger partial charge on any atom is -0.507 e. The largest absolute Gasteiger partial charge is 0.507 e. The zero-order valence-corrected chi connectivity index (χ0v) is 41.4. The van der Waals surface area contributed by atoms with Crippen LogP contribution in [0.1, 0.15) is 91.1 Å². The van der Waals surface area contributed by atoms with E-state index in [9.17, 15) is 7.85 Å². The van der Waals surface area contributed by atoms with Gasteiger partial charge in [0.05, 0.1) is 27.8 Å². The van der Waals surface area contributed by atoms with Gasteiger partial charge in [0.2, 0.25) is 0 Å². The number of aromatic nitrogens is 3. The first-order chi connectivity index (χ1) is 39.7. The second-order valence-electron chi connectivity index (χ2n) is 18.5. The van der Waals surface area contributed by atoms with Crippen molar-refractivity contribution in [1.29, 1.82) is 0 Å². The maximum absolute atomic E-state index is 12.1. The number of aromatic hydroxyl groups is 1. The number of nitrogens with zero attached hydrogens (tertiary/aromatic N) is 3. The molecule has 2 aromatic heterocycles. The summed E-state index contributed by atoms with van der Waals surface area (Å²) in [6.45, 7) is -4.02. The third kappa shape index (κ3) is 9.34. The molecule has 0 saturated heterocycles. The molecule has 0 fully saturated rings. The van der Waals surface area contributed by atoms with Crippen LogP contribution in [0.4, 0.5) is 0 Å². The molecule has 70 heavy (non-hydrogen) atoms. The Hall–Kier alpha value is -7.13. The van der Waals surface area contributed by atoms with Crippen LogP contribution in [0, 0.1) is 26.8 Å². The van der Waals surface area contributed by atoms with E-state index >= 15 is 0 Å². The SMILES string of the molecule is [2H]c1c([2H])c(C(C([2H])([2H])[2H])(C([2H])([2H])[2H])C([2H])([2H])[2H])c([2H])c([2H])c1-c1ccnc(-c2[c-]c(-c3cccc4c3nc(-c3cc(C)cc(C)c3O)n4-c3cc(C([2H])([2H])[2H])c(-c4ccccc4)cc3-c3ccc(C(C)(C)C)cc3)cc(-c3ccccc3)c2)c1.[Pt]. The molecule has 0 aliphatic carbocycles. The van der Waals surface area contributed by atoms with E-state index in [1.165, 1.54) is 18.3 Å². The molecule has 0 aliphatic heterocycles. The summed E-state index contributed by atoms with van der Waals surface area (Å²) in [5, 5.41) is 12.1. The number of fused-ring (bicyclic) bond motifs is 1. The number of pyridine rings is 1. The Labute approximate surface area is 450 Å². The van der Waals surface area contributed by atoms with Gasteiger partial charge in [0.1, 0.15) is 11.6 Å². The van der Waals surface area contributed by atoms with Gasteiger partial charge in [0.25, 0.3) is 0 Å². The average Bonchev–Trinajstić information content (AvgIpc) is 1.59. The second-order valence-corrected chi connectivity index (χ2v) is 18.5. The van der Waals surface area contributed by atoms with Crippen molar-refractivity contribution in [2.24, 2.45) is 0 Å². The minimum atomic E-state index is -3.85. The van der Waals surface area contributed by atoms with Gasteiger partial charge in [-0.3, -0.25) is 9.55 Å². The molecule has 10 aromatic rings. The van der Waals surface area contributed by atoms with Crippen LogP contribution < -0.4 is 0 Å². The van der Waals surface area contributed by atoms with Gasteiger partial charge in [-0.15, -0.1) is 23.8 Å². The summed E-state index contributed by atoms with van der Waals surface area (Å²) in [6, 6.07) is 46.2. The standard InChI is InChI=1S/C65H58N3O.Pt/c1-41-33-43(3)62(69)57(34-41)63-67-61-54(50-36-49(44-17-12-10-13-18-44)37-51(38-50)58-39-48(31-32-66-58)45-23-27-52(28-24-45)64(4,5)6)21-16-22-59(61)68(63)60-35-42(2)55(46-19-14-11-15-20-46)40-56(60)47-25-29-53(30-26-47)65(7,8)9;/h10-37,39-40,69H,1-9H3;/q-1;/i2D3,4D3,5D3,6D3,23D,24D,27D,28D;. The second kappa shape index (κ2) is 19.0. The summed E-state index contributed by atoms with van der Waals surface area (Å²) in [6.07, 6.45) is 1.38. The van der Waals surface area contributed by atoms with E-state index in [0.717, 1.165) is 22.3 Å². The van der Waals surface area contributed by atoms with Crippen molar-refractivity contribution in [3.8, 4) is 89.7 Å². The molecular weight excluding hydrogens is 1030 g/mol. The first kappa shape index (κ1) is 31.9. The van der Waals surface area contributed by atoms with E-state index in [1.807, 2.05) is 133 Å². The number of phenolic OH excluding ortho intramolecular Hbond substituents is 1. The fourth-order valence-electron chi connectivity index (χ4n) is 8.91. The van der Waals surface area contributed by atoms with Crippen LogP contribution >= 0.6 is 0 Å². The molecule has 1 N–H and O–H groups in total. The van der Waals surface area contributed by atoms with E-state index in [4.69, 9.17) is 29.2 Å². The van der Waals surface area contributed by atoms with E-state index in [2.05, 4.69) is 39.0 Å². The molecule has 0 saturated carbocycles. The van der Waals surface area contributed by atoms with Crippen LogP contribution in [0.25, 0.3) is 95.0 Å². The molecule has 4 nitrogen and oxygen atoms in total. The van der Waals surface area contributed by atoms with Crippen molar-refractivity contribution >= 4 is 11.0 Å². The number of phenols is 1. The quantitative estimate of drug-likeness (QED) is 0.154.